The summed E-state index contributed by atoms with van der Waals surface area (Å²) >= 11 is 6.31. The van der Waals surface area contributed by atoms with Crippen LogP contribution < -0.4 is 9.62 Å². The fourth-order valence-corrected chi connectivity index (χ4v) is 5.54. The Labute approximate surface area is 228 Å². The molecule has 3 aromatic rings. The molecule has 0 bridgehead atoms. The Morgan fingerprint density at radius 2 is 1.58 bits per heavy atom. The summed E-state index contributed by atoms with van der Waals surface area (Å²) in [6, 6.07) is 17.0. The molecular formula is C28H31ClFN3O4S. The molecule has 0 spiro atoms. The molecule has 0 heterocycles. The first-order valence-corrected chi connectivity index (χ1v) is 13.9. The van der Waals surface area contributed by atoms with Crippen molar-refractivity contribution in [2.24, 2.45) is 0 Å². The van der Waals surface area contributed by atoms with Gasteiger partial charge in [0.2, 0.25) is 11.8 Å². The third-order valence-electron chi connectivity index (χ3n) is 5.98. The molecule has 0 aliphatic rings. The van der Waals surface area contributed by atoms with Crippen LogP contribution in [-0.2, 0) is 26.2 Å². The maximum Gasteiger partial charge on any atom is 0.264 e. The van der Waals surface area contributed by atoms with E-state index in [1.807, 2.05) is 0 Å². The summed E-state index contributed by atoms with van der Waals surface area (Å²) in [5.74, 6) is -1.44. The number of hydrogen-bond donors (Lipinski definition) is 1. The number of nitrogens with one attached hydrogen (secondary N) is 1. The van der Waals surface area contributed by atoms with Gasteiger partial charge in [-0.2, -0.15) is 0 Å². The second-order valence-electron chi connectivity index (χ2n) is 9.20. The Kier molecular flexibility index (Phi) is 9.51. The molecule has 0 radical (unpaired) electrons. The molecule has 0 aliphatic heterocycles. The van der Waals surface area contributed by atoms with Gasteiger partial charge in [0.1, 0.15) is 18.4 Å². The van der Waals surface area contributed by atoms with Crippen molar-refractivity contribution in [2.45, 2.75) is 51.2 Å². The fraction of sp³-hybridized carbons (Fsp3) is 0.286. The van der Waals surface area contributed by atoms with Crippen molar-refractivity contribution in [2.75, 3.05) is 10.8 Å². The summed E-state index contributed by atoms with van der Waals surface area (Å²) in [4.78, 5) is 28.0. The number of carbonyl (C=O) groups is 2. The summed E-state index contributed by atoms with van der Waals surface area (Å²) in [7, 11) is -4.19. The Morgan fingerprint density at radius 3 is 2.18 bits per heavy atom. The molecule has 10 heteroatoms. The summed E-state index contributed by atoms with van der Waals surface area (Å²) in [6.07, 6.45) is 0. The maximum absolute atomic E-state index is 13.8. The number of benzene rings is 3. The van der Waals surface area contributed by atoms with Gasteiger partial charge in [0.05, 0.1) is 10.6 Å². The van der Waals surface area contributed by atoms with Crippen LogP contribution in [-0.4, -0.2) is 43.8 Å². The summed E-state index contributed by atoms with van der Waals surface area (Å²) in [5.41, 5.74) is 1.31. The molecule has 1 unspecified atom stereocenters. The van der Waals surface area contributed by atoms with Crippen LogP contribution in [0.1, 0.15) is 31.9 Å². The van der Waals surface area contributed by atoms with E-state index >= 15 is 0 Å². The van der Waals surface area contributed by atoms with Crippen LogP contribution in [0, 0.1) is 12.7 Å². The van der Waals surface area contributed by atoms with Gasteiger partial charge in [0.15, 0.2) is 0 Å². The molecule has 0 aliphatic carbocycles. The minimum Gasteiger partial charge on any atom is -0.352 e. The zero-order valence-corrected chi connectivity index (χ0v) is 23.3. The molecule has 0 aromatic heterocycles. The van der Waals surface area contributed by atoms with Crippen LogP contribution in [0.5, 0.6) is 0 Å². The third-order valence-corrected chi connectivity index (χ3v) is 8.17. The van der Waals surface area contributed by atoms with Crippen molar-refractivity contribution in [3.63, 3.8) is 0 Å². The number of hydrogen-bond acceptors (Lipinski definition) is 4. The molecule has 0 saturated carbocycles. The number of anilines is 1. The van der Waals surface area contributed by atoms with Gasteiger partial charge in [-0.3, -0.25) is 13.9 Å². The largest absolute Gasteiger partial charge is 0.352 e. The maximum atomic E-state index is 13.8. The lowest BCUT2D eigenvalue weighted by molar-refractivity contribution is -0.139. The number of nitrogens with zero attached hydrogens (tertiary/aromatic N) is 2. The predicted octanol–water partition coefficient (Wildman–Crippen LogP) is 4.92. The molecule has 3 rings (SSSR count). The SMILES string of the molecule is Cc1c(Cl)cccc1N(CC(=O)N(Cc1ccc(F)cc1)C(C)C(=O)NC(C)C)S(=O)(=O)c1ccccc1. The van der Waals surface area contributed by atoms with E-state index in [4.69, 9.17) is 11.6 Å². The van der Waals surface area contributed by atoms with E-state index in [-0.39, 0.29) is 23.2 Å². The van der Waals surface area contributed by atoms with Gasteiger partial charge >= 0.3 is 0 Å². The first kappa shape index (κ1) is 29.1. The number of rotatable bonds is 10. The van der Waals surface area contributed by atoms with Crippen molar-refractivity contribution in [3.8, 4) is 0 Å². The van der Waals surface area contributed by atoms with E-state index in [1.54, 1.807) is 64.1 Å². The Morgan fingerprint density at radius 1 is 0.947 bits per heavy atom. The van der Waals surface area contributed by atoms with E-state index in [2.05, 4.69) is 5.32 Å². The van der Waals surface area contributed by atoms with Gasteiger partial charge < -0.3 is 10.2 Å². The standard InChI is InChI=1S/C28H31ClFN3O4S/c1-19(2)31-28(35)21(4)32(17-22-13-15-23(30)16-14-22)27(34)18-33(26-12-8-11-25(29)20(26)3)38(36,37)24-9-6-5-7-10-24/h5-16,19,21H,17-18H2,1-4H3,(H,31,35). The highest BCUT2D eigenvalue weighted by atomic mass is 35.5. The zero-order chi connectivity index (χ0) is 28.0. The summed E-state index contributed by atoms with van der Waals surface area (Å²) in [6.45, 7) is 6.22. The zero-order valence-electron chi connectivity index (χ0n) is 21.7. The van der Waals surface area contributed by atoms with Gasteiger partial charge in [-0.05, 0) is 75.2 Å². The van der Waals surface area contributed by atoms with E-state index in [0.717, 1.165) is 4.31 Å². The summed E-state index contributed by atoms with van der Waals surface area (Å²) in [5, 5.41) is 3.13. The first-order chi connectivity index (χ1) is 17.9. The number of sulfonamides is 1. The minimum absolute atomic E-state index is 0.00265. The van der Waals surface area contributed by atoms with Gasteiger partial charge in [0, 0.05) is 17.6 Å². The van der Waals surface area contributed by atoms with E-state index < -0.39 is 40.2 Å². The molecule has 0 saturated heterocycles. The average molecular weight is 560 g/mol. The Hall–Kier alpha value is -3.43. The van der Waals surface area contributed by atoms with Gasteiger partial charge in [-0.1, -0.05) is 48.0 Å². The molecule has 1 atom stereocenters. The Bertz CT molecular complexity index is 1380. The molecule has 202 valence electrons. The molecule has 2 amide bonds. The topological polar surface area (TPSA) is 86.8 Å². The molecule has 38 heavy (non-hydrogen) atoms. The van der Waals surface area contributed by atoms with Crippen molar-refractivity contribution in [1.82, 2.24) is 10.2 Å². The first-order valence-electron chi connectivity index (χ1n) is 12.1. The lowest BCUT2D eigenvalue weighted by Crippen LogP contribution is -2.52. The van der Waals surface area contributed by atoms with E-state index in [1.165, 1.54) is 41.3 Å². The van der Waals surface area contributed by atoms with E-state index in [9.17, 15) is 22.4 Å². The predicted molar refractivity (Wildman–Crippen MR) is 147 cm³/mol. The molecule has 0 fully saturated rings. The van der Waals surface area contributed by atoms with Gasteiger partial charge in [0.25, 0.3) is 10.0 Å². The monoisotopic (exact) mass is 559 g/mol. The van der Waals surface area contributed by atoms with Crippen LogP contribution in [0.15, 0.2) is 77.7 Å². The molecule has 1 N–H and O–H groups in total. The Balaban J connectivity index is 2.06. The van der Waals surface area contributed by atoms with Crippen molar-refractivity contribution >= 4 is 39.1 Å². The highest BCUT2D eigenvalue weighted by Gasteiger charge is 2.33. The van der Waals surface area contributed by atoms with Crippen LogP contribution in [0.3, 0.4) is 0 Å². The second kappa shape index (κ2) is 12.4. The third kappa shape index (κ3) is 6.90. The van der Waals surface area contributed by atoms with Gasteiger partial charge in [-0.25, -0.2) is 12.8 Å². The van der Waals surface area contributed by atoms with Crippen LogP contribution in [0.2, 0.25) is 5.02 Å². The number of carbonyl (C=O) groups excluding carboxylic acids is 2. The smallest absolute Gasteiger partial charge is 0.264 e. The highest BCUT2D eigenvalue weighted by molar-refractivity contribution is 7.92. The minimum atomic E-state index is -4.19. The average Bonchev–Trinajstić information content (AvgIpc) is 2.88. The second-order valence-corrected chi connectivity index (χ2v) is 11.5. The molecule has 7 nitrogen and oxygen atoms in total. The van der Waals surface area contributed by atoms with Gasteiger partial charge in [-0.15, -0.1) is 0 Å². The number of halogens is 2. The lowest BCUT2D eigenvalue weighted by Gasteiger charge is -2.32. The van der Waals surface area contributed by atoms with Crippen molar-refractivity contribution < 1.29 is 22.4 Å². The normalized spacial score (nSPS) is 12.2. The molecule has 3 aromatic carbocycles. The van der Waals surface area contributed by atoms with E-state index in [0.29, 0.717) is 16.1 Å². The van der Waals surface area contributed by atoms with Crippen LogP contribution >= 0.6 is 11.6 Å². The highest BCUT2D eigenvalue weighted by Crippen LogP contribution is 2.31. The van der Waals surface area contributed by atoms with Crippen LogP contribution in [0.25, 0.3) is 0 Å². The molecular weight excluding hydrogens is 529 g/mol. The number of amides is 2. The quantitative estimate of drug-likeness (QED) is 0.382. The van der Waals surface area contributed by atoms with Crippen LogP contribution in [0.4, 0.5) is 10.1 Å². The van der Waals surface area contributed by atoms with Crippen molar-refractivity contribution in [1.29, 1.82) is 0 Å². The lowest BCUT2D eigenvalue weighted by atomic mass is 10.1. The fourth-order valence-electron chi connectivity index (χ4n) is 3.87. The summed E-state index contributed by atoms with van der Waals surface area (Å²) < 4.78 is 42.1. The van der Waals surface area contributed by atoms with Crippen molar-refractivity contribution in [3.05, 3.63) is 94.8 Å².